The van der Waals surface area contributed by atoms with Crippen molar-refractivity contribution in [3.8, 4) is 0 Å². The summed E-state index contributed by atoms with van der Waals surface area (Å²) < 4.78 is 51.1. The number of alkyl halides is 3. The van der Waals surface area contributed by atoms with Crippen molar-refractivity contribution < 1.29 is 17.6 Å². The van der Waals surface area contributed by atoms with E-state index in [4.69, 9.17) is 0 Å². The van der Waals surface area contributed by atoms with Gasteiger partial charge in [-0.3, -0.25) is 0 Å². The molecule has 1 aromatic heterocycles. The molecule has 21 heavy (non-hydrogen) atoms. The van der Waals surface area contributed by atoms with Crippen molar-refractivity contribution in [2.75, 3.05) is 0 Å². The Morgan fingerprint density at radius 1 is 1.29 bits per heavy atom. The molecule has 1 unspecified atom stereocenters. The molecular formula is C14H14F4N2S. The zero-order chi connectivity index (χ0) is 15.6. The molecule has 7 heteroatoms. The Morgan fingerprint density at radius 3 is 2.57 bits per heavy atom. The highest BCUT2D eigenvalue weighted by Gasteiger charge is 2.31. The predicted molar refractivity (Wildman–Crippen MR) is 73.5 cm³/mol. The first kappa shape index (κ1) is 15.9. The number of halogens is 4. The van der Waals surface area contributed by atoms with E-state index in [-0.39, 0.29) is 18.2 Å². The molecule has 1 heterocycles. The molecule has 0 aliphatic carbocycles. The van der Waals surface area contributed by atoms with E-state index >= 15 is 0 Å². The Balaban J connectivity index is 2.08. The van der Waals surface area contributed by atoms with Gasteiger partial charge in [-0.05, 0) is 37.6 Å². The van der Waals surface area contributed by atoms with Gasteiger partial charge in [0, 0.05) is 17.6 Å². The van der Waals surface area contributed by atoms with E-state index in [1.807, 2.05) is 13.8 Å². The molecule has 1 N–H and O–H groups in total. The summed E-state index contributed by atoms with van der Waals surface area (Å²) in [7, 11) is 0. The minimum Gasteiger partial charge on any atom is -0.304 e. The van der Waals surface area contributed by atoms with E-state index in [0.29, 0.717) is 6.07 Å². The minimum atomic E-state index is -4.55. The molecule has 0 amide bonds. The maximum absolute atomic E-state index is 13.3. The summed E-state index contributed by atoms with van der Waals surface area (Å²) in [4.78, 5) is 5.26. The zero-order valence-electron chi connectivity index (χ0n) is 11.5. The van der Waals surface area contributed by atoms with Gasteiger partial charge in [-0.1, -0.05) is 0 Å². The van der Waals surface area contributed by atoms with E-state index in [1.165, 1.54) is 11.3 Å². The predicted octanol–water partition coefficient (Wildman–Crippen LogP) is 4.46. The van der Waals surface area contributed by atoms with Gasteiger partial charge in [-0.2, -0.15) is 13.2 Å². The van der Waals surface area contributed by atoms with Crippen LogP contribution in [-0.4, -0.2) is 4.98 Å². The van der Waals surface area contributed by atoms with Crippen molar-refractivity contribution in [1.82, 2.24) is 10.3 Å². The second kappa shape index (κ2) is 6.11. The van der Waals surface area contributed by atoms with Crippen LogP contribution in [0.5, 0.6) is 0 Å². The molecule has 0 aliphatic rings. The average molecular weight is 318 g/mol. The number of thiazole rings is 1. The number of aromatic nitrogens is 1. The highest BCUT2D eigenvalue weighted by molar-refractivity contribution is 7.11. The van der Waals surface area contributed by atoms with Crippen LogP contribution in [0, 0.1) is 12.7 Å². The minimum absolute atomic E-state index is 0.110. The SMILES string of the molecule is Cc1cnc(C(C)NCc2cc(F)cc(C(F)(F)F)c2)s1. The summed E-state index contributed by atoms with van der Waals surface area (Å²) in [6.45, 7) is 3.93. The van der Waals surface area contributed by atoms with Crippen molar-refractivity contribution >= 4 is 11.3 Å². The molecule has 2 aromatic rings. The largest absolute Gasteiger partial charge is 0.416 e. The maximum Gasteiger partial charge on any atom is 0.416 e. The van der Waals surface area contributed by atoms with E-state index in [2.05, 4.69) is 10.3 Å². The van der Waals surface area contributed by atoms with Crippen LogP contribution in [0.15, 0.2) is 24.4 Å². The lowest BCUT2D eigenvalue weighted by Gasteiger charge is -2.13. The number of rotatable bonds is 4. The van der Waals surface area contributed by atoms with Crippen LogP contribution >= 0.6 is 11.3 Å². The van der Waals surface area contributed by atoms with Crippen LogP contribution in [0.4, 0.5) is 17.6 Å². The summed E-state index contributed by atoms with van der Waals surface area (Å²) in [5.74, 6) is -0.889. The first-order chi connectivity index (χ1) is 9.75. The van der Waals surface area contributed by atoms with Gasteiger partial charge in [0.15, 0.2) is 0 Å². The van der Waals surface area contributed by atoms with Gasteiger partial charge in [0.1, 0.15) is 10.8 Å². The standard InChI is InChI=1S/C14H14F4N2S/c1-8-6-20-13(21-8)9(2)19-7-10-3-11(14(16,17)18)5-12(15)4-10/h3-6,9,19H,7H2,1-2H3. The van der Waals surface area contributed by atoms with E-state index in [0.717, 1.165) is 22.0 Å². The Bertz CT molecular complexity index is 622. The Kier molecular flexibility index (Phi) is 4.63. The average Bonchev–Trinajstić information content (AvgIpc) is 2.81. The summed E-state index contributed by atoms with van der Waals surface area (Å²) in [6.07, 6.45) is -2.81. The molecule has 2 nitrogen and oxygen atoms in total. The molecule has 0 saturated heterocycles. The third-order valence-corrected chi connectivity index (χ3v) is 4.00. The van der Waals surface area contributed by atoms with Crippen LogP contribution in [0.25, 0.3) is 0 Å². The molecule has 0 bridgehead atoms. The van der Waals surface area contributed by atoms with Gasteiger partial charge in [0.2, 0.25) is 0 Å². The lowest BCUT2D eigenvalue weighted by atomic mass is 10.1. The third kappa shape index (κ3) is 4.25. The number of aryl methyl sites for hydroxylation is 1. The van der Waals surface area contributed by atoms with Crippen LogP contribution in [0.3, 0.4) is 0 Å². The third-order valence-electron chi connectivity index (χ3n) is 2.91. The first-order valence-electron chi connectivity index (χ1n) is 6.28. The molecule has 0 radical (unpaired) electrons. The molecule has 0 fully saturated rings. The number of hydrogen-bond donors (Lipinski definition) is 1. The van der Waals surface area contributed by atoms with Gasteiger partial charge in [0.25, 0.3) is 0 Å². The van der Waals surface area contributed by atoms with Crippen LogP contribution in [0.1, 0.15) is 34.0 Å². The van der Waals surface area contributed by atoms with E-state index in [9.17, 15) is 17.6 Å². The highest BCUT2D eigenvalue weighted by atomic mass is 32.1. The smallest absolute Gasteiger partial charge is 0.304 e. The summed E-state index contributed by atoms with van der Waals surface area (Å²) in [6, 6.07) is 2.44. The Labute approximate surface area is 123 Å². The molecule has 0 saturated carbocycles. The fourth-order valence-corrected chi connectivity index (χ4v) is 2.65. The molecular weight excluding hydrogens is 304 g/mol. The second-order valence-electron chi connectivity index (χ2n) is 4.76. The second-order valence-corrected chi connectivity index (χ2v) is 6.02. The fraction of sp³-hybridized carbons (Fsp3) is 0.357. The van der Waals surface area contributed by atoms with Crippen molar-refractivity contribution in [3.63, 3.8) is 0 Å². The number of benzene rings is 1. The van der Waals surface area contributed by atoms with Crippen LogP contribution < -0.4 is 5.32 Å². The van der Waals surface area contributed by atoms with Gasteiger partial charge < -0.3 is 5.32 Å². The molecule has 0 aliphatic heterocycles. The topological polar surface area (TPSA) is 24.9 Å². The Morgan fingerprint density at radius 2 is 2.00 bits per heavy atom. The number of nitrogens with zero attached hydrogens (tertiary/aromatic N) is 1. The lowest BCUT2D eigenvalue weighted by Crippen LogP contribution is -2.18. The van der Waals surface area contributed by atoms with Crippen molar-refractivity contribution in [2.24, 2.45) is 0 Å². The van der Waals surface area contributed by atoms with E-state index < -0.39 is 17.6 Å². The maximum atomic E-state index is 13.3. The molecule has 1 atom stereocenters. The first-order valence-corrected chi connectivity index (χ1v) is 7.10. The van der Waals surface area contributed by atoms with Crippen molar-refractivity contribution in [3.05, 3.63) is 51.2 Å². The fourth-order valence-electron chi connectivity index (χ4n) is 1.85. The number of nitrogens with one attached hydrogen (secondary N) is 1. The summed E-state index contributed by atoms with van der Waals surface area (Å²) in [5.41, 5.74) is -0.723. The molecule has 2 rings (SSSR count). The van der Waals surface area contributed by atoms with Crippen LogP contribution in [-0.2, 0) is 12.7 Å². The normalized spacial score (nSPS) is 13.4. The monoisotopic (exact) mass is 318 g/mol. The lowest BCUT2D eigenvalue weighted by molar-refractivity contribution is -0.137. The molecule has 0 spiro atoms. The molecule has 114 valence electrons. The summed E-state index contributed by atoms with van der Waals surface area (Å²) >= 11 is 1.51. The van der Waals surface area contributed by atoms with Gasteiger partial charge in [-0.25, -0.2) is 9.37 Å². The quantitative estimate of drug-likeness (QED) is 0.842. The zero-order valence-corrected chi connectivity index (χ0v) is 12.3. The van der Waals surface area contributed by atoms with Gasteiger partial charge in [-0.15, -0.1) is 11.3 Å². The molecule has 1 aromatic carbocycles. The van der Waals surface area contributed by atoms with Crippen LogP contribution in [0.2, 0.25) is 0 Å². The van der Waals surface area contributed by atoms with Gasteiger partial charge in [0.05, 0.1) is 11.6 Å². The van der Waals surface area contributed by atoms with Gasteiger partial charge >= 0.3 is 6.18 Å². The van der Waals surface area contributed by atoms with Crippen molar-refractivity contribution in [2.45, 2.75) is 32.6 Å². The summed E-state index contributed by atoms with van der Waals surface area (Å²) in [5, 5.41) is 3.90. The van der Waals surface area contributed by atoms with E-state index in [1.54, 1.807) is 6.20 Å². The van der Waals surface area contributed by atoms with Crippen molar-refractivity contribution in [1.29, 1.82) is 0 Å². The highest BCUT2D eigenvalue weighted by Crippen LogP contribution is 2.30. The Hall–Kier alpha value is -1.47. The number of hydrogen-bond acceptors (Lipinski definition) is 3.